The van der Waals surface area contributed by atoms with E-state index in [9.17, 15) is 4.79 Å². The number of aromatic nitrogens is 3. The summed E-state index contributed by atoms with van der Waals surface area (Å²) in [6.45, 7) is 2.62. The second-order valence-corrected chi connectivity index (χ2v) is 7.00. The Morgan fingerprint density at radius 1 is 1.03 bits per heavy atom. The van der Waals surface area contributed by atoms with Gasteiger partial charge in [-0.2, -0.15) is 5.10 Å². The van der Waals surface area contributed by atoms with E-state index in [1.54, 1.807) is 18.5 Å². The van der Waals surface area contributed by atoms with E-state index in [4.69, 9.17) is 5.10 Å². The van der Waals surface area contributed by atoms with Gasteiger partial charge in [0, 0.05) is 41.5 Å². The maximum atomic E-state index is 12.4. The van der Waals surface area contributed by atoms with Crippen LogP contribution in [-0.2, 0) is 11.3 Å². The van der Waals surface area contributed by atoms with Gasteiger partial charge in [-0.15, -0.1) is 0 Å². The number of benzene rings is 2. The maximum absolute atomic E-state index is 12.4. The Hall–Kier alpha value is -3.99. The Kier molecular flexibility index (Phi) is 5.80. The van der Waals surface area contributed by atoms with Crippen LogP contribution in [0.1, 0.15) is 16.7 Å². The molecular weight excluding hydrogens is 372 g/mol. The molecule has 0 fully saturated rings. The van der Waals surface area contributed by atoms with Gasteiger partial charge in [0.05, 0.1) is 6.54 Å². The van der Waals surface area contributed by atoms with Gasteiger partial charge in [-0.3, -0.25) is 14.5 Å². The van der Waals surface area contributed by atoms with Crippen LogP contribution in [0.25, 0.3) is 17.3 Å². The van der Waals surface area contributed by atoms with E-state index in [-0.39, 0.29) is 5.91 Å². The molecule has 0 saturated heterocycles. The van der Waals surface area contributed by atoms with E-state index in [2.05, 4.69) is 22.4 Å². The highest BCUT2D eigenvalue weighted by Crippen LogP contribution is 2.23. The van der Waals surface area contributed by atoms with E-state index in [1.165, 1.54) is 6.08 Å². The van der Waals surface area contributed by atoms with Crippen LogP contribution in [0.3, 0.4) is 0 Å². The van der Waals surface area contributed by atoms with Crippen molar-refractivity contribution in [1.82, 2.24) is 14.8 Å². The minimum absolute atomic E-state index is 0.183. The standard InChI is InChI=1S/C25H22N4O/c1-19-8-5-6-12-23(19)27-24(30)14-13-22-18-29(17-20-9-3-2-4-10-20)28-25(22)21-11-7-15-26-16-21/h2-16,18H,17H2,1H3,(H,27,30)/b14-13+. The van der Waals surface area contributed by atoms with Crippen LogP contribution in [0.15, 0.2) is 91.4 Å². The highest BCUT2D eigenvalue weighted by molar-refractivity contribution is 6.02. The van der Waals surface area contributed by atoms with Gasteiger partial charge < -0.3 is 5.32 Å². The van der Waals surface area contributed by atoms with Crippen LogP contribution in [0, 0.1) is 6.92 Å². The van der Waals surface area contributed by atoms with Gasteiger partial charge in [0.25, 0.3) is 0 Å². The van der Waals surface area contributed by atoms with E-state index < -0.39 is 0 Å². The zero-order valence-corrected chi connectivity index (χ0v) is 16.7. The first-order valence-corrected chi connectivity index (χ1v) is 9.75. The minimum atomic E-state index is -0.183. The van der Waals surface area contributed by atoms with Crippen molar-refractivity contribution >= 4 is 17.7 Å². The minimum Gasteiger partial charge on any atom is -0.322 e. The van der Waals surface area contributed by atoms with Crippen molar-refractivity contribution in [3.63, 3.8) is 0 Å². The summed E-state index contributed by atoms with van der Waals surface area (Å²) in [5, 5.41) is 7.67. The Morgan fingerprint density at radius 3 is 2.60 bits per heavy atom. The molecule has 148 valence electrons. The molecule has 2 heterocycles. The van der Waals surface area contributed by atoms with Crippen LogP contribution in [0.2, 0.25) is 0 Å². The quantitative estimate of drug-likeness (QED) is 0.471. The van der Waals surface area contributed by atoms with Crippen LogP contribution in [0.5, 0.6) is 0 Å². The fraction of sp³-hybridized carbons (Fsp3) is 0.0800. The van der Waals surface area contributed by atoms with E-state index >= 15 is 0 Å². The van der Waals surface area contributed by atoms with Crippen LogP contribution < -0.4 is 5.32 Å². The molecule has 5 nitrogen and oxygen atoms in total. The first-order chi connectivity index (χ1) is 14.7. The van der Waals surface area contributed by atoms with Gasteiger partial charge in [-0.1, -0.05) is 48.5 Å². The number of anilines is 1. The van der Waals surface area contributed by atoms with Crippen molar-refractivity contribution in [2.75, 3.05) is 5.32 Å². The van der Waals surface area contributed by atoms with Gasteiger partial charge in [-0.25, -0.2) is 0 Å². The SMILES string of the molecule is Cc1ccccc1NC(=O)/C=C/c1cn(Cc2ccccc2)nc1-c1cccnc1. The Morgan fingerprint density at radius 2 is 1.83 bits per heavy atom. The molecule has 30 heavy (non-hydrogen) atoms. The lowest BCUT2D eigenvalue weighted by Gasteiger charge is -2.05. The molecule has 0 saturated carbocycles. The Balaban J connectivity index is 1.60. The maximum Gasteiger partial charge on any atom is 0.248 e. The summed E-state index contributed by atoms with van der Waals surface area (Å²) in [6, 6.07) is 21.7. The first kappa shape index (κ1) is 19.3. The van der Waals surface area contributed by atoms with Crippen molar-refractivity contribution in [1.29, 1.82) is 0 Å². The van der Waals surface area contributed by atoms with Gasteiger partial charge in [-0.05, 0) is 42.3 Å². The molecule has 0 bridgehead atoms. The predicted molar refractivity (Wildman–Crippen MR) is 120 cm³/mol. The zero-order chi connectivity index (χ0) is 20.8. The first-order valence-electron chi connectivity index (χ1n) is 9.75. The van der Waals surface area contributed by atoms with Gasteiger partial charge in [0.15, 0.2) is 0 Å². The summed E-state index contributed by atoms with van der Waals surface area (Å²) in [6.07, 6.45) is 8.79. The number of hydrogen-bond donors (Lipinski definition) is 1. The number of rotatable bonds is 6. The monoisotopic (exact) mass is 394 g/mol. The third-order valence-electron chi connectivity index (χ3n) is 4.73. The number of hydrogen-bond acceptors (Lipinski definition) is 3. The predicted octanol–water partition coefficient (Wildman–Crippen LogP) is 4.95. The smallest absolute Gasteiger partial charge is 0.248 e. The molecular formula is C25H22N4O. The third kappa shape index (κ3) is 4.70. The van der Waals surface area contributed by atoms with Gasteiger partial charge in [0.2, 0.25) is 5.91 Å². The number of para-hydroxylation sites is 1. The number of pyridine rings is 1. The van der Waals surface area contributed by atoms with Crippen molar-refractivity contribution in [3.8, 4) is 11.3 Å². The third-order valence-corrected chi connectivity index (χ3v) is 4.73. The lowest BCUT2D eigenvalue weighted by atomic mass is 10.1. The molecule has 1 amide bonds. The molecule has 2 aromatic heterocycles. The number of nitrogens with one attached hydrogen (secondary N) is 1. The van der Waals surface area contributed by atoms with Crippen LogP contribution in [-0.4, -0.2) is 20.7 Å². The van der Waals surface area contributed by atoms with Crippen molar-refractivity contribution in [2.24, 2.45) is 0 Å². The van der Waals surface area contributed by atoms with Crippen molar-refractivity contribution in [3.05, 3.63) is 108 Å². The lowest BCUT2D eigenvalue weighted by molar-refractivity contribution is -0.111. The summed E-state index contributed by atoms with van der Waals surface area (Å²) >= 11 is 0. The molecule has 0 aliphatic rings. The fourth-order valence-electron chi connectivity index (χ4n) is 3.19. The highest BCUT2D eigenvalue weighted by Gasteiger charge is 2.10. The molecule has 5 heteroatoms. The molecule has 1 N–H and O–H groups in total. The van der Waals surface area contributed by atoms with Crippen LogP contribution >= 0.6 is 0 Å². The fourth-order valence-corrected chi connectivity index (χ4v) is 3.19. The van der Waals surface area contributed by atoms with Crippen LogP contribution in [0.4, 0.5) is 5.69 Å². The largest absolute Gasteiger partial charge is 0.322 e. The summed E-state index contributed by atoms with van der Waals surface area (Å²) < 4.78 is 1.89. The number of carbonyl (C=O) groups is 1. The molecule has 0 atom stereocenters. The number of carbonyl (C=O) groups excluding carboxylic acids is 1. The second-order valence-electron chi connectivity index (χ2n) is 7.00. The highest BCUT2D eigenvalue weighted by atomic mass is 16.1. The summed E-state index contributed by atoms with van der Waals surface area (Å²) in [5.74, 6) is -0.183. The zero-order valence-electron chi connectivity index (χ0n) is 16.7. The Bertz CT molecular complexity index is 1160. The average molecular weight is 394 g/mol. The van der Waals surface area contributed by atoms with E-state index in [1.807, 2.05) is 72.4 Å². The molecule has 0 aliphatic heterocycles. The number of nitrogens with zero attached hydrogens (tertiary/aromatic N) is 3. The van der Waals surface area contributed by atoms with Gasteiger partial charge >= 0.3 is 0 Å². The number of aryl methyl sites for hydroxylation is 1. The van der Waals surface area contributed by atoms with Crippen molar-refractivity contribution < 1.29 is 4.79 Å². The molecule has 0 spiro atoms. The normalized spacial score (nSPS) is 11.0. The second kappa shape index (κ2) is 9.01. The topological polar surface area (TPSA) is 59.8 Å². The molecule has 0 unspecified atom stereocenters. The molecule has 4 aromatic rings. The van der Waals surface area contributed by atoms with E-state index in [0.717, 1.165) is 33.6 Å². The molecule has 4 rings (SSSR count). The summed E-state index contributed by atoms with van der Waals surface area (Å²) in [5.41, 5.74) is 5.54. The summed E-state index contributed by atoms with van der Waals surface area (Å²) in [4.78, 5) is 16.6. The lowest BCUT2D eigenvalue weighted by Crippen LogP contribution is -2.08. The number of amides is 1. The van der Waals surface area contributed by atoms with Crippen molar-refractivity contribution in [2.45, 2.75) is 13.5 Å². The van der Waals surface area contributed by atoms with E-state index in [0.29, 0.717) is 6.54 Å². The van der Waals surface area contributed by atoms with Gasteiger partial charge in [0.1, 0.15) is 5.69 Å². The Labute approximate surface area is 175 Å². The summed E-state index contributed by atoms with van der Waals surface area (Å²) in [7, 11) is 0. The average Bonchev–Trinajstić information content (AvgIpc) is 3.18. The molecule has 2 aromatic carbocycles. The molecule has 0 radical (unpaired) electrons. The molecule has 0 aliphatic carbocycles.